The van der Waals surface area contributed by atoms with Crippen LogP contribution in [0, 0.1) is 0 Å². The van der Waals surface area contributed by atoms with Crippen LogP contribution in [0.3, 0.4) is 0 Å². The fraction of sp³-hybridized carbons (Fsp3) is 0.545. The van der Waals surface area contributed by atoms with Gasteiger partial charge in [0.05, 0.1) is 5.60 Å². The highest BCUT2D eigenvalue weighted by Crippen LogP contribution is 2.35. The molecule has 1 saturated carbocycles. The van der Waals surface area contributed by atoms with E-state index in [4.69, 9.17) is 9.88 Å². The summed E-state index contributed by atoms with van der Waals surface area (Å²) >= 11 is 0. The highest BCUT2D eigenvalue weighted by molar-refractivity contribution is 7.89. The van der Waals surface area contributed by atoms with E-state index in [-0.39, 0.29) is 16.3 Å². The summed E-state index contributed by atoms with van der Waals surface area (Å²) in [5.41, 5.74) is -0.201. The van der Waals surface area contributed by atoms with E-state index in [1.165, 1.54) is 12.3 Å². The third-order valence-corrected chi connectivity index (χ3v) is 4.30. The Kier molecular flexibility index (Phi) is 3.56. The van der Waals surface area contributed by atoms with E-state index in [9.17, 15) is 8.42 Å². The minimum atomic E-state index is -3.76. The van der Waals surface area contributed by atoms with Crippen molar-refractivity contribution >= 4 is 15.8 Å². The van der Waals surface area contributed by atoms with Crippen molar-refractivity contribution in [2.45, 2.75) is 29.8 Å². The normalized spacial score (nSPS) is 18.1. The van der Waals surface area contributed by atoms with E-state index in [2.05, 4.69) is 10.3 Å². The molecule has 0 unspecified atom stereocenters. The first-order valence-electron chi connectivity index (χ1n) is 5.74. The van der Waals surface area contributed by atoms with Gasteiger partial charge in [0.25, 0.3) is 0 Å². The fourth-order valence-corrected chi connectivity index (χ4v) is 2.68. The second-order valence-corrected chi connectivity index (χ2v) is 6.02. The van der Waals surface area contributed by atoms with Crippen molar-refractivity contribution in [2.75, 3.05) is 19.0 Å². The van der Waals surface area contributed by atoms with Gasteiger partial charge in [0.1, 0.15) is 10.7 Å². The van der Waals surface area contributed by atoms with Crippen LogP contribution in [0.5, 0.6) is 0 Å². The van der Waals surface area contributed by atoms with E-state index in [1.807, 2.05) is 0 Å². The van der Waals surface area contributed by atoms with E-state index in [0.29, 0.717) is 6.54 Å². The van der Waals surface area contributed by atoms with Gasteiger partial charge in [-0.05, 0) is 31.4 Å². The first-order chi connectivity index (χ1) is 8.47. The highest BCUT2D eigenvalue weighted by atomic mass is 32.2. The Balaban J connectivity index is 2.15. The van der Waals surface area contributed by atoms with E-state index >= 15 is 0 Å². The molecule has 0 spiro atoms. The van der Waals surface area contributed by atoms with Crippen molar-refractivity contribution in [3.8, 4) is 0 Å². The van der Waals surface area contributed by atoms with Gasteiger partial charge in [-0.1, -0.05) is 0 Å². The number of hydrogen-bond donors (Lipinski definition) is 2. The zero-order valence-corrected chi connectivity index (χ0v) is 11.0. The Morgan fingerprint density at radius 1 is 1.56 bits per heavy atom. The molecule has 100 valence electrons. The molecule has 0 aromatic carbocycles. The molecule has 18 heavy (non-hydrogen) atoms. The molecule has 0 radical (unpaired) electrons. The van der Waals surface area contributed by atoms with Crippen LogP contribution in [0.25, 0.3) is 0 Å². The highest BCUT2D eigenvalue weighted by Gasteiger charge is 2.37. The molecule has 1 heterocycles. The molecule has 0 amide bonds. The molecule has 1 aliphatic carbocycles. The second kappa shape index (κ2) is 4.83. The Hall–Kier alpha value is -1.18. The molecule has 7 heteroatoms. The molecule has 6 nitrogen and oxygen atoms in total. The number of methoxy groups -OCH3 is 1. The minimum Gasteiger partial charge on any atom is -0.376 e. The molecule has 0 saturated heterocycles. The zero-order chi connectivity index (χ0) is 13.2. The van der Waals surface area contributed by atoms with E-state index < -0.39 is 10.0 Å². The lowest BCUT2D eigenvalue weighted by molar-refractivity contribution is -0.0602. The predicted octanol–water partition coefficient (Wildman–Crippen LogP) is 0.710. The minimum absolute atomic E-state index is 0.00979. The number of ether oxygens (including phenoxy) is 1. The number of anilines is 1. The van der Waals surface area contributed by atoms with Gasteiger partial charge in [0.15, 0.2) is 0 Å². The molecule has 0 bridgehead atoms. The summed E-state index contributed by atoms with van der Waals surface area (Å²) in [5, 5.41) is 8.16. The summed E-state index contributed by atoms with van der Waals surface area (Å²) in [5.74, 6) is 0.281. The van der Waals surface area contributed by atoms with Crippen molar-refractivity contribution in [3.63, 3.8) is 0 Å². The summed E-state index contributed by atoms with van der Waals surface area (Å²) in [7, 11) is -2.10. The topological polar surface area (TPSA) is 94.3 Å². The SMILES string of the molecule is COC1(CNc2ncccc2S(N)(=O)=O)CCC1. The van der Waals surface area contributed by atoms with Crippen LogP contribution >= 0.6 is 0 Å². The van der Waals surface area contributed by atoms with Crippen LogP contribution in [-0.2, 0) is 14.8 Å². The number of pyridine rings is 1. The lowest BCUT2D eigenvalue weighted by atomic mass is 9.80. The van der Waals surface area contributed by atoms with Crippen LogP contribution in [0.15, 0.2) is 23.2 Å². The maximum atomic E-state index is 11.4. The number of aromatic nitrogens is 1. The van der Waals surface area contributed by atoms with Crippen molar-refractivity contribution in [1.29, 1.82) is 0 Å². The average Bonchev–Trinajstić information content (AvgIpc) is 2.27. The predicted molar refractivity (Wildman–Crippen MR) is 67.7 cm³/mol. The Morgan fingerprint density at radius 3 is 2.78 bits per heavy atom. The number of nitrogens with zero attached hydrogens (tertiary/aromatic N) is 1. The van der Waals surface area contributed by atoms with E-state index in [1.54, 1.807) is 13.2 Å². The average molecular weight is 271 g/mol. The molecule has 1 fully saturated rings. The second-order valence-electron chi connectivity index (χ2n) is 4.49. The molecule has 1 aromatic heterocycles. The standard InChI is InChI=1S/C11H17N3O3S/c1-17-11(5-3-6-11)8-14-10-9(18(12,15)16)4-2-7-13-10/h2,4,7H,3,5-6,8H2,1H3,(H,13,14)(H2,12,15,16). The molecular weight excluding hydrogens is 254 g/mol. The van der Waals surface area contributed by atoms with Gasteiger partial charge in [-0.2, -0.15) is 0 Å². The molecule has 1 aromatic rings. The number of sulfonamides is 1. The lowest BCUT2D eigenvalue weighted by Gasteiger charge is -2.40. The number of nitrogens with two attached hydrogens (primary N) is 1. The van der Waals surface area contributed by atoms with Gasteiger partial charge in [-0.3, -0.25) is 0 Å². The molecule has 1 aliphatic rings. The van der Waals surface area contributed by atoms with Gasteiger partial charge in [-0.15, -0.1) is 0 Å². The third kappa shape index (κ3) is 2.63. The molecule has 2 rings (SSSR count). The third-order valence-electron chi connectivity index (χ3n) is 3.35. The van der Waals surface area contributed by atoms with E-state index in [0.717, 1.165) is 19.3 Å². The molecule has 0 atom stereocenters. The summed E-state index contributed by atoms with van der Waals surface area (Å²) in [4.78, 5) is 4.02. The quantitative estimate of drug-likeness (QED) is 0.822. The van der Waals surface area contributed by atoms with Crippen molar-refractivity contribution < 1.29 is 13.2 Å². The van der Waals surface area contributed by atoms with Crippen LogP contribution in [-0.4, -0.2) is 32.7 Å². The van der Waals surface area contributed by atoms with Crippen molar-refractivity contribution in [2.24, 2.45) is 5.14 Å². The Labute approximate surface area is 107 Å². The maximum Gasteiger partial charge on any atom is 0.241 e. The zero-order valence-electron chi connectivity index (χ0n) is 10.2. The summed E-state index contributed by atoms with van der Waals surface area (Å²) in [6.07, 6.45) is 4.58. The van der Waals surface area contributed by atoms with Crippen molar-refractivity contribution in [3.05, 3.63) is 18.3 Å². The Bertz CT molecular complexity index is 521. The maximum absolute atomic E-state index is 11.4. The van der Waals surface area contributed by atoms with Gasteiger partial charge in [0, 0.05) is 19.9 Å². The molecular formula is C11H17N3O3S. The van der Waals surface area contributed by atoms with Crippen molar-refractivity contribution in [1.82, 2.24) is 4.98 Å². The molecule has 3 N–H and O–H groups in total. The first-order valence-corrected chi connectivity index (χ1v) is 7.28. The van der Waals surface area contributed by atoms with Gasteiger partial charge < -0.3 is 10.1 Å². The van der Waals surface area contributed by atoms with Gasteiger partial charge >= 0.3 is 0 Å². The van der Waals surface area contributed by atoms with Crippen LogP contribution < -0.4 is 10.5 Å². The van der Waals surface area contributed by atoms with Crippen LogP contribution in [0.1, 0.15) is 19.3 Å². The Morgan fingerprint density at radius 2 is 2.28 bits per heavy atom. The monoisotopic (exact) mass is 271 g/mol. The summed E-state index contributed by atoms with van der Waals surface area (Å²) in [6.45, 7) is 0.531. The van der Waals surface area contributed by atoms with Gasteiger partial charge in [-0.25, -0.2) is 18.5 Å². The van der Waals surface area contributed by atoms with Crippen LogP contribution in [0.2, 0.25) is 0 Å². The smallest absolute Gasteiger partial charge is 0.241 e. The van der Waals surface area contributed by atoms with Crippen LogP contribution in [0.4, 0.5) is 5.82 Å². The number of rotatable bonds is 5. The van der Waals surface area contributed by atoms with Gasteiger partial charge in [0.2, 0.25) is 10.0 Å². The number of primary sulfonamides is 1. The summed E-state index contributed by atoms with van der Waals surface area (Å²) < 4.78 is 28.2. The number of hydrogen-bond acceptors (Lipinski definition) is 5. The molecule has 0 aliphatic heterocycles. The number of nitrogens with one attached hydrogen (secondary N) is 1. The fourth-order valence-electron chi connectivity index (χ4n) is 2.02. The lowest BCUT2D eigenvalue weighted by Crippen LogP contribution is -2.45. The first kappa shape index (κ1) is 13.3. The summed E-state index contributed by atoms with van der Waals surface area (Å²) in [6, 6.07) is 2.98. The largest absolute Gasteiger partial charge is 0.376 e.